The molecule has 2 radical (unpaired) electrons. The molecule has 0 aromatic rings. The normalized spacial score (nSPS) is 21.8. The fourth-order valence-corrected chi connectivity index (χ4v) is 1.39. The highest BCUT2D eigenvalue weighted by Crippen LogP contribution is 2.08. The maximum Gasteiger partial charge on any atom is 0.130 e. The van der Waals surface area contributed by atoms with Crippen molar-refractivity contribution in [3.05, 3.63) is 0 Å². The van der Waals surface area contributed by atoms with Crippen molar-refractivity contribution < 1.29 is 19.7 Å². The first-order chi connectivity index (χ1) is 5.79. The van der Waals surface area contributed by atoms with E-state index in [9.17, 15) is 0 Å². The fourth-order valence-electron chi connectivity index (χ4n) is 0.784. The van der Waals surface area contributed by atoms with Crippen LogP contribution in [0.3, 0.4) is 0 Å². The molecule has 1 saturated heterocycles. The predicted molar refractivity (Wildman–Crippen MR) is 44.0 cm³/mol. The van der Waals surface area contributed by atoms with Crippen LogP contribution in [0.2, 0.25) is 6.04 Å². The second-order valence-electron chi connectivity index (χ2n) is 2.71. The van der Waals surface area contributed by atoms with E-state index in [1.54, 1.807) is 0 Å². The predicted octanol–water partition coefficient (Wildman–Crippen LogP) is -0.817. The number of epoxide rings is 1. The van der Waals surface area contributed by atoms with Crippen molar-refractivity contribution in [1.82, 2.24) is 0 Å². The average Bonchev–Trinajstić information content (AvgIpc) is 2.79. The molecule has 0 aliphatic carbocycles. The van der Waals surface area contributed by atoms with Crippen LogP contribution in [0.1, 0.15) is 6.42 Å². The van der Waals surface area contributed by atoms with Crippen LogP contribution < -0.4 is 0 Å². The van der Waals surface area contributed by atoms with E-state index < -0.39 is 5.91 Å². The highest BCUT2D eigenvalue weighted by Gasteiger charge is 2.21. The van der Waals surface area contributed by atoms with E-state index in [2.05, 4.69) is 0 Å². The first kappa shape index (κ1) is 10.1. The standard InChI is InChI=1S/C7H14O4Si/c8-7(9)12-3-1-2-10-4-6-5-11-6/h6-9H,1-5H2. The Bertz CT molecular complexity index is 110. The third kappa shape index (κ3) is 5.67. The summed E-state index contributed by atoms with van der Waals surface area (Å²) in [5.74, 6) is -1.14. The lowest BCUT2D eigenvalue weighted by Gasteiger charge is -2.02. The van der Waals surface area contributed by atoms with Crippen molar-refractivity contribution in [2.45, 2.75) is 24.5 Å². The SMILES string of the molecule is OC(O)[Si]CCCOCC1CO1. The molecule has 0 bridgehead atoms. The molecule has 4 nitrogen and oxygen atoms in total. The molecule has 1 aliphatic heterocycles. The number of hydrogen-bond donors (Lipinski definition) is 2. The summed E-state index contributed by atoms with van der Waals surface area (Å²) in [4.78, 5) is 0. The third-order valence-corrected chi connectivity index (χ3v) is 2.51. The van der Waals surface area contributed by atoms with Gasteiger partial charge in [0.1, 0.15) is 21.5 Å². The zero-order chi connectivity index (χ0) is 8.81. The third-order valence-electron chi connectivity index (χ3n) is 1.50. The van der Waals surface area contributed by atoms with Crippen LogP contribution in [0.4, 0.5) is 0 Å². The van der Waals surface area contributed by atoms with Gasteiger partial charge in [-0.2, -0.15) is 0 Å². The highest BCUT2D eigenvalue weighted by molar-refractivity contribution is 6.36. The first-order valence-corrected chi connectivity index (χ1v) is 5.36. The minimum absolute atomic E-state index is 0.210. The van der Waals surface area contributed by atoms with Gasteiger partial charge in [0.25, 0.3) is 0 Å². The van der Waals surface area contributed by atoms with Gasteiger partial charge in [0, 0.05) is 6.61 Å². The lowest BCUT2D eigenvalue weighted by atomic mass is 10.5. The monoisotopic (exact) mass is 190 g/mol. The van der Waals surface area contributed by atoms with Crippen molar-refractivity contribution >= 4 is 9.52 Å². The summed E-state index contributed by atoms with van der Waals surface area (Å²) in [6, 6.07) is 0.823. The number of aliphatic hydroxyl groups excluding tert-OH is 1. The molecule has 70 valence electrons. The van der Waals surface area contributed by atoms with Gasteiger partial charge in [-0.05, 0) is 6.42 Å². The minimum atomic E-state index is -1.14. The molecular formula is C7H14O4Si. The molecule has 1 heterocycles. The van der Waals surface area contributed by atoms with E-state index >= 15 is 0 Å². The van der Waals surface area contributed by atoms with Crippen molar-refractivity contribution in [3.8, 4) is 0 Å². The van der Waals surface area contributed by atoms with Crippen LogP contribution in [0, 0.1) is 0 Å². The smallest absolute Gasteiger partial charge is 0.130 e. The van der Waals surface area contributed by atoms with Crippen molar-refractivity contribution in [2.75, 3.05) is 19.8 Å². The lowest BCUT2D eigenvalue weighted by Crippen LogP contribution is -2.15. The Morgan fingerprint density at radius 1 is 1.58 bits per heavy atom. The van der Waals surface area contributed by atoms with Crippen molar-refractivity contribution in [3.63, 3.8) is 0 Å². The molecule has 0 amide bonds. The molecule has 1 rings (SSSR count). The van der Waals surface area contributed by atoms with Crippen LogP contribution in [0.5, 0.6) is 0 Å². The van der Waals surface area contributed by atoms with Crippen LogP contribution >= 0.6 is 0 Å². The molecule has 1 unspecified atom stereocenters. The maximum absolute atomic E-state index is 8.51. The Morgan fingerprint density at radius 2 is 2.33 bits per heavy atom. The van der Waals surface area contributed by atoms with Gasteiger partial charge < -0.3 is 19.7 Å². The molecular weight excluding hydrogens is 176 g/mol. The van der Waals surface area contributed by atoms with E-state index in [1.165, 1.54) is 0 Å². The molecule has 1 fully saturated rings. The molecule has 1 aliphatic rings. The topological polar surface area (TPSA) is 62.2 Å². The largest absolute Gasteiger partial charge is 0.379 e. The summed E-state index contributed by atoms with van der Waals surface area (Å²) in [5.41, 5.74) is 0. The Hall–Kier alpha value is 0.0569. The lowest BCUT2D eigenvalue weighted by molar-refractivity contribution is 0.0286. The van der Waals surface area contributed by atoms with Gasteiger partial charge in [0.15, 0.2) is 0 Å². The van der Waals surface area contributed by atoms with Gasteiger partial charge in [-0.25, -0.2) is 0 Å². The van der Waals surface area contributed by atoms with Gasteiger partial charge in [0.05, 0.1) is 13.2 Å². The molecule has 5 heteroatoms. The second kappa shape index (κ2) is 5.66. The Balaban J connectivity index is 1.70. The van der Waals surface area contributed by atoms with Crippen molar-refractivity contribution in [1.29, 1.82) is 0 Å². The van der Waals surface area contributed by atoms with E-state index in [0.717, 1.165) is 19.1 Å². The molecule has 0 aromatic heterocycles. The van der Waals surface area contributed by atoms with Gasteiger partial charge in [-0.1, -0.05) is 6.04 Å². The van der Waals surface area contributed by atoms with E-state index in [-0.39, 0.29) is 9.52 Å². The minimum Gasteiger partial charge on any atom is -0.379 e. The van der Waals surface area contributed by atoms with Gasteiger partial charge >= 0.3 is 0 Å². The van der Waals surface area contributed by atoms with Crippen LogP contribution in [0.15, 0.2) is 0 Å². The molecule has 0 saturated carbocycles. The maximum atomic E-state index is 8.51. The molecule has 0 spiro atoms. The van der Waals surface area contributed by atoms with Crippen LogP contribution in [0.25, 0.3) is 0 Å². The Labute approximate surface area is 74.3 Å². The Kier molecular flexibility index (Phi) is 4.78. The highest BCUT2D eigenvalue weighted by atomic mass is 28.2. The average molecular weight is 190 g/mol. The molecule has 0 aromatic carbocycles. The molecule has 1 atom stereocenters. The van der Waals surface area contributed by atoms with Gasteiger partial charge in [0.2, 0.25) is 0 Å². The second-order valence-corrected chi connectivity index (χ2v) is 4.14. The number of aliphatic hydroxyl groups is 2. The quantitative estimate of drug-likeness (QED) is 0.238. The van der Waals surface area contributed by atoms with Gasteiger partial charge in [-0.15, -0.1) is 0 Å². The van der Waals surface area contributed by atoms with E-state index in [4.69, 9.17) is 19.7 Å². The first-order valence-electron chi connectivity index (χ1n) is 4.08. The fraction of sp³-hybridized carbons (Fsp3) is 1.00. The summed E-state index contributed by atoms with van der Waals surface area (Å²) in [6.45, 7) is 2.21. The van der Waals surface area contributed by atoms with Crippen molar-refractivity contribution in [2.24, 2.45) is 0 Å². The Morgan fingerprint density at radius 3 is 2.92 bits per heavy atom. The summed E-state index contributed by atoms with van der Waals surface area (Å²) in [7, 11) is 0.210. The number of hydrogen-bond acceptors (Lipinski definition) is 4. The summed E-state index contributed by atoms with van der Waals surface area (Å²) in [5, 5.41) is 17.0. The number of ether oxygens (including phenoxy) is 2. The summed E-state index contributed by atoms with van der Waals surface area (Å²) in [6.07, 6.45) is 1.22. The number of rotatable bonds is 7. The molecule has 12 heavy (non-hydrogen) atoms. The van der Waals surface area contributed by atoms with Crippen LogP contribution in [-0.4, -0.2) is 51.6 Å². The zero-order valence-electron chi connectivity index (χ0n) is 6.90. The van der Waals surface area contributed by atoms with Gasteiger partial charge in [-0.3, -0.25) is 0 Å². The molecule has 2 N–H and O–H groups in total. The van der Waals surface area contributed by atoms with Crippen LogP contribution in [-0.2, 0) is 9.47 Å². The van der Waals surface area contributed by atoms with E-state index in [1.807, 2.05) is 0 Å². The van der Waals surface area contributed by atoms with E-state index in [0.29, 0.717) is 19.3 Å². The summed E-state index contributed by atoms with van der Waals surface area (Å²) >= 11 is 0. The summed E-state index contributed by atoms with van der Waals surface area (Å²) < 4.78 is 10.2. The zero-order valence-corrected chi connectivity index (χ0v) is 7.90.